The van der Waals surface area contributed by atoms with E-state index < -0.39 is 0 Å². The van der Waals surface area contributed by atoms with Crippen LogP contribution in [0.5, 0.6) is 0 Å². The molecule has 0 unspecified atom stereocenters. The molecule has 4 nitrogen and oxygen atoms in total. The van der Waals surface area contributed by atoms with Crippen molar-refractivity contribution in [2.75, 3.05) is 23.7 Å². The summed E-state index contributed by atoms with van der Waals surface area (Å²) in [4.78, 5) is 8.89. The predicted octanol–water partition coefficient (Wildman–Crippen LogP) is 2.93. The average molecular weight is 262 g/mol. The lowest BCUT2D eigenvalue weighted by Gasteiger charge is -2.07. The van der Waals surface area contributed by atoms with Crippen LogP contribution in [0.1, 0.15) is 17.6 Å². The molecule has 0 bridgehead atoms. The summed E-state index contributed by atoms with van der Waals surface area (Å²) in [7, 11) is 0. The highest BCUT2D eigenvalue weighted by molar-refractivity contribution is 7.09. The van der Waals surface area contributed by atoms with Crippen molar-refractivity contribution in [2.45, 2.75) is 20.3 Å². The van der Waals surface area contributed by atoms with E-state index in [0.717, 1.165) is 36.8 Å². The predicted molar refractivity (Wildman–Crippen MR) is 77.4 cm³/mol. The molecule has 18 heavy (non-hydrogen) atoms. The van der Waals surface area contributed by atoms with Crippen molar-refractivity contribution >= 4 is 23.0 Å². The molecule has 96 valence electrons. The normalized spacial score (nSPS) is 10.3. The zero-order valence-corrected chi connectivity index (χ0v) is 11.5. The monoisotopic (exact) mass is 262 g/mol. The molecule has 2 heterocycles. The first-order chi connectivity index (χ1) is 8.78. The molecule has 0 radical (unpaired) electrons. The summed E-state index contributed by atoms with van der Waals surface area (Å²) in [5.41, 5.74) is 1.10. The molecule has 0 spiro atoms. The molecule has 2 aromatic heterocycles. The third kappa shape index (κ3) is 3.70. The van der Waals surface area contributed by atoms with Gasteiger partial charge in [0, 0.05) is 30.6 Å². The van der Waals surface area contributed by atoms with E-state index in [0.29, 0.717) is 0 Å². The summed E-state index contributed by atoms with van der Waals surface area (Å²) < 4.78 is 0. The van der Waals surface area contributed by atoms with Crippen LogP contribution in [0, 0.1) is 6.92 Å². The number of nitrogens with zero attached hydrogens (tertiary/aromatic N) is 2. The Balaban J connectivity index is 1.84. The molecule has 0 atom stereocenters. The molecule has 0 fully saturated rings. The number of anilines is 2. The van der Waals surface area contributed by atoms with Gasteiger partial charge in [-0.1, -0.05) is 6.07 Å². The summed E-state index contributed by atoms with van der Waals surface area (Å²) in [6.07, 6.45) is 0.936. The van der Waals surface area contributed by atoms with Crippen molar-refractivity contribution in [3.05, 3.63) is 34.3 Å². The lowest BCUT2D eigenvalue weighted by molar-refractivity contribution is 0.977. The quantitative estimate of drug-likeness (QED) is 0.840. The van der Waals surface area contributed by atoms with Crippen LogP contribution in [0.3, 0.4) is 0 Å². The molecular weight excluding hydrogens is 244 g/mol. The fourth-order valence-electron chi connectivity index (χ4n) is 1.63. The smallest absolute Gasteiger partial charge is 0.128 e. The lowest BCUT2D eigenvalue weighted by atomic mass is 10.4. The minimum Gasteiger partial charge on any atom is -0.370 e. The number of hydrogen-bond acceptors (Lipinski definition) is 5. The number of nitrogens with one attached hydrogen (secondary N) is 2. The van der Waals surface area contributed by atoms with Crippen LogP contribution in [0.25, 0.3) is 0 Å². The van der Waals surface area contributed by atoms with E-state index in [1.54, 1.807) is 11.3 Å². The molecule has 5 heteroatoms. The van der Waals surface area contributed by atoms with Crippen molar-refractivity contribution in [3.63, 3.8) is 0 Å². The Morgan fingerprint density at radius 1 is 1.17 bits per heavy atom. The molecule has 0 aliphatic heterocycles. The maximum atomic E-state index is 4.46. The van der Waals surface area contributed by atoms with Crippen LogP contribution in [0.2, 0.25) is 0 Å². The first-order valence-corrected chi connectivity index (χ1v) is 7.01. The highest BCUT2D eigenvalue weighted by Crippen LogP contribution is 2.11. The van der Waals surface area contributed by atoms with E-state index in [1.165, 1.54) is 5.01 Å². The van der Waals surface area contributed by atoms with Gasteiger partial charge in [0.1, 0.15) is 11.6 Å². The van der Waals surface area contributed by atoms with E-state index in [1.807, 2.05) is 25.1 Å². The second kappa shape index (κ2) is 6.35. The van der Waals surface area contributed by atoms with E-state index in [4.69, 9.17) is 0 Å². The zero-order valence-electron chi connectivity index (χ0n) is 10.7. The van der Waals surface area contributed by atoms with Crippen LogP contribution in [-0.4, -0.2) is 23.1 Å². The van der Waals surface area contributed by atoms with Gasteiger partial charge in [-0.05, 0) is 26.0 Å². The topological polar surface area (TPSA) is 49.8 Å². The molecule has 2 aromatic rings. The summed E-state index contributed by atoms with van der Waals surface area (Å²) in [6.45, 7) is 5.83. The molecule has 0 aliphatic carbocycles. The van der Waals surface area contributed by atoms with Crippen molar-refractivity contribution in [2.24, 2.45) is 0 Å². The number of pyridine rings is 1. The zero-order chi connectivity index (χ0) is 12.8. The standard InChI is InChI=1S/C13H18N4S/c1-3-14-11-5-4-6-12(17-11)15-8-7-13-16-10(2)9-18-13/h4-6,9H,3,7-8H2,1-2H3,(H2,14,15,17). The first kappa shape index (κ1) is 12.8. The molecule has 2 N–H and O–H groups in total. The van der Waals surface area contributed by atoms with Gasteiger partial charge >= 0.3 is 0 Å². The van der Waals surface area contributed by atoms with Gasteiger partial charge in [-0.15, -0.1) is 11.3 Å². The van der Waals surface area contributed by atoms with Gasteiger partial charge < -0.3 is 10.6 Å². The molecule has 0 amide bonds. The summed E-state index contributed by atoms with van der Waals surface area (Å²) >= 11 is 1.71. The van der Waals surface area contributed by atoms with Crippen LogP contribution in [0.4, 0.5) is 11.6 Å². The van der Waals surface area contributed by atoms with Gasteiger partial charge in [0.05, 0.1) is 5.01 Å². The van der Waals surface area contributed by atoms with Crippen molar-refractivity contribution in [1.29, 1.82) is 0 Å². The molecule has 0 saturated carbocycles. The van der Waals surface area contributed by atoms with E-state index in [9.17, 15) is 0 Å². The van der Waals surface area contributed by atoms with Gasteiger partial charge in [0.15, 0.2) is 0 Å². The van der Waals surface area contributed by atoms with Crippen LogP contribution < -0.4 is 10.6 Å². The fourth-order valence-corrected chi connectivity index (χ4v) is 2.40. The van der Waals surface area contributed by atoms with Gasteiger partial charge in [-0.3, -0.25) is 0 Å². The first-order valence-electron chi connectivity index (χ1n) is 6.13. The Kier molecular flexibility index (Phi) is 4.52. The van der Waals surface area contributed by atoms with Crippen LogP contribution >= 0.6 is 11.3 Å². The van der Waals surface area contributed by atoms with E-state index in [-0.39, 0.29) is 0 Å². The maximum Gasteiger partial charge on any atom is 0.128 e. The molecule has 0 aliphatic rings. The molecule has 0 saturated heterocycles. The maximum absolute atomic E-state index is 4.46. The Labute approximate surface area is 111 Å². The van der Waals surface area contributed by atoms with Crippen LogP contribution in [-0.2, 0) is 6.42 Å². The number of thiazole rings is 1. The average Bonchev–Trinajstić information content (AvgIpc) is 2.76. The third-order valence-electron chi connectivity index (χ3n) is 2.42. The van der Waals surface area contributed by atoms with Gasteiger partial charge in [-0.2, -0.15) is 0 Å². The Morgan fingerprint density at radius 2 is 1.94 bits per heavy atom. The number of rotatable bonds is 6. The second-order valence-corrected chi connectivity index (χ2v) is 4.94. The minimum atomic E-state index is 0.857. The van der Waals surface area contributed by atoms with Crippen LogP contribution in [0.15, 0.2) is 23.6 Å². The van der Waals surface area contributed by atoms with Crippen molar-refractivity contribution < 1.29 is 0 Å². The Morgan fingerprint density at radius 3 is 2.61 bits per heavy atom. The second-order valence-electron chi connectivity index (χ2n) is 4.00. The summed E-state index contributed by atoms with van der Waals surface area (Å²) in [5.74, 6) is 1.81. The molecular formula is C13H18N4S. The fraction of sp³-hybridized carbons (Fsp3) is 0.385. The lowest BCUT2D eigenvalue weighted by Crippen LogP contribution is -2.07. The van der Waals surface area contributed by atoms with E-state index in [2.05, 4.69) is 32.9 Å². The largest absolute Gasteiger partial charge is 0.370 e. The van der Waals surface area contributed by atoms with Gasteiger partial charge in [0.25, 0.3) is 0 Å². The van der Waals surface area contributed by atoms with Gasteiger partial charge in [0.2, 0.25) is 0 Å². The number of aryl methyl sites for hydroxylation is 1. The number of aromatic nitrogens is 2. The highest BCUT2D eigenvalue weighted by atomic mass is 32.1. The Hall–Kier alpha value is -1.62. The van der Waals surface area contributed by atoms with Crippen molar-refractivity contribution in [1.82, 2.24) is 9.97 Å². The summed E-state index contributed by atoms with van der Waals surface area (Å²) in [5, 5.41) is 9.77. The van der Waals surface area contributed by atoms with E-state index >= 15 is 0 Å². The molecule has 0 aromatic carbocycles. The third-order valence-corrected chi connectivity index (χ3v) is 3.44. The van der Waals surface area contributed by atoms with Crippen molar-refractivity contribution in [3.8, 4) is 0 Å². The Bertz CT molecular complexity index is 495. The van der Waals surface area contributed by atoms with Gasteiger partial charge in [-0.25, -0.2) is 9.97 Å². The summed E-state index contributed by atoms with van der Waals surface area (Å²) in [6, 6.07) is 5.95. The minimum absolute atomic E-state index is 0.857. The SMILES string of the molecule is CCNc1cccc(NCCc2nc(C)cs2)n1. The highest BCUT2D eigenvalue weighted by Gasteiger charge is 1.99. The molecule has 2 rings (SSSR count). The number of hydrogen-bond donors (Lipinski definition) is 2.